The summed E-state index contributed by atoms with van der Waals surface area (Å²) in [6, 6.07) is 9.07. The lowest BCUT2D eigenvalue weighted by molar-refractivity contribution is -0.129. The highest BCUT2D eigenvalue weighted by atomic mass is 35.5. The fraction of sp³-hybridized carbons (Fsp3) is 0.447. The number of rotatable bonds is 37. The SMILES string of the molecule is C=CC(=O)C[C@H]1CCOC[C@H]1Nc1ncc2cc(-c3c(Cl)c(OC)cc(OC)c3Cl)c(=O)n(CCC3CN(C(=O)C=C)CCN3C)c2n1.C=CC(=O)C[C@H]1CCOC[C@H]1Nc1ncc2cc(-c3c(Cl)c(OC)cc(OC)c3Cl)c(=O)n(CCCN3CCN(C(=O)C#CC)CC3)c2n1.C=CC(=O)C[C@H]1CCOC[C@H]1Nc1ncc2cc(-c3c(Cl)c(OC)cc(OC)c3Cl)c(=O)n(CCCN3CCN(C(=O)C=C)CC3)c2n1. The van der Waals surface area contributed by atoms with Crippen molar-refractivity contribution in [2.24, 2.45) is 17.8 Å². The van der Waals surface area contributed by atoms with Crippen molar-refractivity contribution in [2.45, 2.75) is 109 Å². The Morgan fingerprint density at radius 3 is 1.04 bits per heavy atom. The van der Waals surface area contributed by atoms with Gasteiger partial charge in [0.1, 0.15) is 51.4 Å². The van der Waals surface area contributed by atoms with Crippen LogP contribution in [0.3, 0.4) is 0 Å². The molecule has 15 rings (SSSR count). The number of likely N-dealkylation sites (N-methyl/N-ethyl adjacent to an activating group) is 1. The Kier molecular flexibility index (Phi) is 39.3. The van der Waals surface area contributed by atoms with E-state index in [1.54, 1.807) is 90.3 Å². The van der Waals surface area contributed by atoms with Crippen LogP contribution in [0.1, 0.15) is 64.7 Å². The monoisotopic (exact) mass is 2110 g/mol. The molecule has 3 N–H and O–H groups in total. The Morgan fingerprint density at radius 1 is 0.421 bits per heavy atom. The molecular weight excluding hydrogens is 1990 g/mol. The molecule has 3 aromatic carbocycles. The first-order valence-electron chi connectivity index (χ1n) is 47.7. The van der Waals surface area contributed by atoms with E-state index in [0.717, 1.165) is 13.1 Å². The number of anilines is 3. The highest BCUT2D eigenvalue weighted by Crippen LogP contribution is 2.49. The molecule has 0 radical (unpaired) electrons. The molecule has 7 atom stereocenters. The minimum Gasteiger partial charge on any atom is -0.495 e. The molecule has 0 bridgehead atoms. The van der Waals surface area contributed by atoms with Gasteiger partial charge >= 0.3 is 0 Å². The van der Waals surface area contributed by atoms with Crippen LogP contribution in [0, 0.1) is 29.6 Å². The number of hydrogen-bond acceptors (Lipinski definition) is 30. The number of ether oxygens (including phenoxy) is 9. The molecule has 9 aromatic rings. The lowest BCUT2D eigenvalue weighted by Crippen LogP contribution is -2.53. The van der Waals surface area contributed by atoms with E-state index in [4.69, 9.17) is 127 Å². The van der Waals surface area contributed by atoms with Crippen molar-refractivity contribution in [3.8, 4) is 79.7 Å². The maximum atomic E-state index is 14.5. The number of benzene rings is 3. The number of methoxy groups -OCH3 is 6. The molecule has 145 heavy (non-hydrogen) atoms. The highest BCUT2D eigenvalue weighted by molar-refractivity contribution is 6.43. The zero-order valence-corrected chi connectivity index (χ0v) is 86.9. The highest BCUT2D eigenvalue weighted by Gasteiger charge is 2.36. The second-order valence-electron chi connectivity index (χ2n) is 35.6. The molecule has 0 aliphatic carbocycles. The van der Waals surface area contributed by atoms with E-state index in [9.17, 15) is 43.2 Å². The first kappa shape index (κ1) is 110. The fourth-order valence-electron chi connectivity index (χ4n) is 18.7. The van der Waals surface area contributed by atoms with Gasteiger partial charge in [0, 0.05) is 206 Å². The number of nitrogens with one attached hydrogen (secondary N) is 3. The summed E-state index contributed by atoms with van der Waals surface area (Å²) in [7, 11) is 10.8. The third-order valence-electron chi connectivity index (χ3n) is 26.9. The van der Waals surface area contributed by atoms with Crippen molar-refractivity contribution < 1.29 is 71.4 Å². The van der Waals surface area contributed by atoms with Crippen molar-refractivity contribution >= 4 is 156 Å². The first-order chi connectivity index (χ1) is 70.0. The number of hydrogen-bond donors (Lipinski definition) is 3. The maximum Gasteiger partial charge on any atom is 0.298 e. The largest absolute Gasteiger partial charge is 0.495 e. The van der Waals surface area contributed by atoms with E-state index in [0.29, 0.717) is 268 Å². The first-order valence-corrected chi connectivity index (χ1v) is 49.9. The molecule has 0 saturated carbocycles. The summed E-state index contributed by atoms with van der Waals surface area (Å²) in [4.78, 5) is 157. The van der Waals surface area contributed by atoms with Crippen molar-refractivity contribution in [1.29, 1.82) is 0 Å². The number of piperazine rings is 3. The summed E-state index contributed by atoms with van der Waals surface area (Å²) in [5, 5.41) is 12.8. The van der Waals surface area contributed by atoms with Gasteiger partial charge in [-0.3, -0.25) is 71.6 Å². The number of halogens is 6. The number of carbonyl (C=O) groups is 6. The average molecular weight is 2110 g/mol. The fourth-order valence-corrected chi connectivity index (χ4v) is 20.9. The molecule has 12 heterocycles. The minimum atomic E-state index is -0.376. The van der Waals surface area contributed by atoms with Gasteiger partial charge in [-0.25, -0.2) is 15.0 Å². The van der Waals surface area contributed by atoms with Gasteiger partial charge in [-0.15, -0.1) is 0 Å². The lowest BCUT2D eigenvalue weighted by atomic mass is 9.90. The predicted octanol–water partition coefficient (Wildman–Crippen LogP) is 13.2. The molecule has 36 nitrogen and oxygen atoms in total. The summed E-state index contributed by atoms with van der Waals surface area (Å²) in [6.45, 7) is 31.9. The molecule has 1 unspecified atom stereocenters. The van der Waals surface area contributed by atoms with Crippen LogP contribution in [-0.2, 0) is 62.6 Å². The Morgan fingerprint density at radius 2 is 0.731 bits per heavy atom. The second-order valence-corrected chi connectivity index (χ2v) is 37.8. The molecule has 6 fully saturated rings. The summed E-state index contributed by atoms with van der Waals surface area (Å²) in [6.07, 6.45) is 16.5. The third-order valence-corrected chi connectivity index (χ3v) is 29.2. The average Bonchev–Trinajstić information content (AvgIpc) is 0.756. The predicted molar refractivity (Wildman–Crippen MR) is 562 cm³/mol. The Labute approximate surface area is 870 Å². The molecule has 3 amide bonds. The van der Waals surface area contributed by atoms with Crippen molar-refractivity contribution in [3.63, 3.8) is 0 Å². The van der Waals surface area contributed by atoms with E-state index in [1.807, 2.05) is 7.05 Å². The van der Waals surface area contributed by atoms with Crippen LogP contribution in [0.25, 0.3) is 66.5 Å². The van der Waals surface area contributed by atoms with Crippen LogP contribution in [0.5, 0.6) is 34.5 Å². The number of amides is 3. The number of nitrogens with zero attached hydrogens (tertiary/aromatic N) is 15. The van der Waals surface area contributed by atoms with Gasteiger partial charge < -0.3 is 73.3 Å². The summed E-state index contributed by atoms with van der Waals surface area (Å²) < 4.78 is 54.8. The molecule has 6 aliphatic heterocycles. The number of pyridine rings is 3. The number of ketones is 3. The number of aromatic nitrogens is 9. The van der Waals surface area contributed by atoms with E-state index in [2.05, 4.69) is 90.3 Å². The molecule has 0 spiro atoms. The number of allylic oxidation sites excluding steroid dienone is 3. The molecule has 42 heteroatoms. The zero-order chi connectivity index (χ0) is 104. The Hall–Kier alpha value is -12.1. The minimum absolute atomic E-state index is 0.00324. The van der Waals surface area contributed by atoms with Gasteiger partial charge in [-0.2, -0.15) is 15.0 Å². The van der Waals surface area contributed by atoms with Crippen molar-refractivity contribution in [1.82, 2.24) is 73.0 Å². The molecule has 6 aromatic heterocycles. The smallest absolute Gasteiger partial charge is 0.298 e. The van der Waals surface area contributed by atoms with Crippen molar-refractivity contribution in [3.05, 3.63) is 179 Å². The van der Waals surface area contributed by atoms with Crippen LogP contribution >= 0.6 is 69.6 Å². The Balaban J connectivity index is 0.000000182. The van der Waals surface area contributed by atoms with Gasteiger partial charge in [0.25, 0.3) is 22.6 Å². The topological polar surface area (TPSA) is 384 Å². The zero-order valence-electron chi connectivity index (χ0n) is 82.4. The van der Waals surface area contributed by atoms with Gasteiger partial charge in [-0.05, 0) is 138 Å². The van der Waals surface area contributed by atoms with Gasteiger partial charge in [0.05, 0.1) is 127 Å². The molecule has 772 valence electrons. The summed E-state index contributed by atoms with van der Waals surface area (Å²) >= 11 is 40.6. The summed E-state index contributed by atoms with van der Waals surface area (Å²) in [5.41, 5.74) is 1.75. The molecular formula is C103H120Cl6N18O18. The number of aryl methyl sites for hydroxylation is 3. The standard InChI is InChI=1S/C35H40Cl2N6O6.2C34H40Cl2N6O6/c1-5-8-29(45)42-14-12-41(13-15-42)10-7-11-43-33-23(18-25(34(43)46)30-31(36)27(47-3)19-28(48-4)32(30)37)20-38-35(40-33)39-26-21-49-16-9-22(26)17-24(44)6-2;1-6-23(43)14-20-9-13-48-19-25(20)38-34-37-17-21-15-24(29-30(35)26(46-4)16-27(47-5)31(29)36)33(45)42(32(21)39-34)10-8-22-18-41(28(44)7-2)12-11-40(22)3;1-5-23(43)16-21-8-15-48-20-25(21)38-34-37-19-22-17-24(29-30(35)26(46-3)18-27(47-4)31(29)36)33(45)42(32(22)39-34)10-7-9-40-11-13-41(14-12-40)28(44)6-2/h6,18-20,22,26H,2,7,9-17,21H2,1,3-4H3,(H,38,39,40);6-7,15-17,20,22,25H,1-2,8-14,18-19H2,3-5H3,(H,37,38,39);5-6,17-19,21,25H,1-2,7-16,20H2,3-4H3,(H,37,38,39)/t22-,26-;20-,22?,25-;21-,25-/m111/s1. The van der Waals surface area contributed by atoms with Crippen LogP contribution in [0.4, 0.5) is 17.8 Å². The van der Waals surface area contributed by atoms with Gasteiger partial charge in [0.2, 0.25) is 29.7 Å². The maximum absolute atomic E-state index is 14.5. The quantitative estimate of drug-likeness (QED) is 0.0240. The normalized spacial score (nSPS) is 18.8. The van der Waals surface area contributed by atoms with Gasteiger partial charge in [0.15, 0.2) is 17.3 Å². The van der Waals surface area contributed by atoms with Crippen LogP contribution in [0.15, 0.2) is 133 Å². The van der Waals surface area contributed by atoms with E-state index in [1.165, 1.54) is 73.0 Å². The third kappa shape index (κ3) is 26.3. The number of fused-ring (bicyclic) bond motifs is 3. The van der Waals surface area contributed by atoms with E-state index in [-0.39, 0.29) is 164 Å². The van der Waals surface area contributed by atoms with E-state index < -0.39 is 0 Å². The van der Waals surface area contributed by atoms with Gasteiger partial charge in [-0.1, -0.05) is 108 Å². The van der Waals surface area contributed by atoms with E-state index >= 15 is 0 Å². The lowest BCUT2D eigenvalue weighted by Gasteiger charge is -2.39. The molecule has 6 saturated heterocycles. The van der Waals surface area contributed by atoms with Crippen molar-refractivity contribution in [2.75, 3.05) is 190 Å². The van der Waals surface area contributed by atoms with Crippen LogP contribution < -0.4 is 61.0 Å². The number of carbonyl (C=O) groups excluding carboxylic acids is 6. The Bertz CT molecular complexity index is 6530. The van der Waals surface area contributed by atoms with Crippen LogP contribution in [-0.4, -0.2) is 307 Å². The second kappa shape index (κ2) is 51.8. The van der Waals surface area contributed by atoms with Crippen LogP contribution in [0.2, 0.25) is 30.1 Å². The summed E-state index contributed by atoms with van der Waals surface area (Å²) in [5.74, 6) is 7.59. The molecule has 6 aliphatic rings.